The fraction of sp³-hybridized carbons (Fsp3) is 0.417. The molecule has 0 fully saturated rings. The van der Waals surface area contributed by atoms with Crippen molar-refractivity contribution in [3.8, 4) is 0 Å². The van der Waals surface area contributed by atoms with E-state index < -0.39 is 0 Å². The molecule has 2 nitrogen and oxygen atoms in total. The van der Waals surface area contributed by atoms with Gasteiger partial charge in [-0.15, -0.1) is 0 Å². The van der Waals surface area contributed by atoms with E-state index in [-0.39, 0.29) is 5.91 Å². The van der Waals surface area contributed by atoms with E-state index in [0.717, 1.165) is 15.4 Å². The second kappa shape index (κ2) is 7.44. The van der Waals surface area contributed by atoms with Gasteiger partial charge in [0.25, 0.3) is 5.91 Å². The van der Waals surface area contributed by atoms with Crippen LogP contribution in [0.15, 0.2) is 27.1 Å². The van der Waals surface area contributed by atoms with Crippen molar-refractivity contribution in [1.82, 2.24) is 5.32 Å². The zero-order valence-electron chi connectivity index (χ0n) is 9.80. The molecule has 5 heteroatoms. The lowest BCUT2D eigenvalue weighted by Crippen LogP contribution is -2.26. The van der Waals surface area contributed by atoms with Crippen LogP contribution in [0.1, 0.15) is 23.7 Å². The zero-order valence-corrected chi connectivity index (χ0v) is 13.8. The first-order chi connectivity index (χ1) is 8.02. The second-order valence-corrected chi connectivity index (χ2v) is 6.86. The van der Waals surface area contributed by atoms with Crippen LogP contribution in [0.25, 0.3) is 0 Å². The Balaban J connectivity index is 2.52. The fourth-order valence-corrected chi connectivity index (χ4v) is 2.94. The molecular formula is C12H15Br2NOS. The highest BCUT2D eigenvalue weighted by Crippen LogP contribution is 2.20. The van der Waals surface area contributed by atoms with Crippen molar-refractivity contribution in [3.05, 3.63) is 32.7 Å². The Morgan fingerprint density at radius 3 is 2.47 bits per heavy atom. The van der Waals surface area contributed by atoms with Crippen molar-refractivity contribution in [2.45, 2.75) is 18.6 Å². The summed E-state index contributed by atoms with van der Waals surface area (Å²) in [4.78, 5) is 11.9. The summed E-state index contributed by atoms with van der Waals surface area (Å²) in [7, 11) is 0. The molecule has 0 bridgehead atoms. The molecule has 1 rings (SSSR count). The highest BCUT2D eigenvalue weighted by atomic mass is 79.9. The number of amides is 1. The van der Waals surface area contributed by atoms with Gasteiger partial charge in [0.15, 0.2) is 0 Å². The summed E-state index contributed by atoms with van der Waals surface area (Å²) in [5, 5.41) is 3.50. The van der Waals surface area contributed by atoms with E-state index in [1.807, 2.05) is 30.0 Å². The van der Waals surface area contributed by atoms with E-state index in [1.54, 1.807) is 0 Å². The highest BCUT2D eigenvalue weighted by Gasteiger charge is 2.07. The van der Waals surface area contributed by atoms with Gasteiger partial charge in [-0.1, -0.05) is 38.8 Å². The minimum absolute atomic E-state index is 0.0275. The summed E-state index contributed by atoms with van der Waals surface area (Å²) in [6.07, 6.45) is 3.07. The van der Waals surface area contributed by atoms with E-state index in [2.05, 4.69) is 50.4 Å². The molecule has 0 radical (unpaired) electrons. The third kappa shape index (κ3) is 5.44. The smallest absolute Gasteiger partial charge is 0.251 e. The minimum atomic E-state index is -0.0275. The van der Waals surface area contributed by atoms with Gasteiger partial charge in [0.05, 0.1) is 0 Å². The van der Waals surface area contributed by atoms with Crippen molar-refractivity contribution in [2.75, 3.05) is 12.8 Å². The normalized spacial score (nSPS) is 12.2. The van der Waals surface area contributed by atoms with E-state index in [1.165, 1.54) is 0 Å². The first kappa shape index (κ1) is 15.1. The summed E-state index contributed by atoms with van der Waals surface area (Å²) in [6, 6.07) is 5.54. The average Bonchev–Trinajstić information content (AvgIpc) is 2.27. The molecule has 1 atom stereocenters. The Labute approximate surface area is 123 Å². The quantitative estimate of drug-likeness (QED) is 0.833. The first-order valence-corrected chi connectivity index (χ1v) is 8.17. The van der Waals surface area contributed by atoms with Gasteiger partial charge >= 0.3 is 0 Å². The molecule has 1 aromatic rings. The fourth-order valence-electron chi connectivity index (χ4n) is 1.29. The maximum atomic E-state index is 11.9. The zero-order chi connectivity index (χ0) is 12.8. The summed E-state index contributed by atoms with van der Waals surface area (Å²) in [6.45, 7) is 2.87. The number of carbonyl (C=O) groups is 1. The predicted molar refractivity (Wildman–Crippen MR) is 81.8 cm³/mol. The van der Waals surface area contributed by atoms with Gasteiger partial charge in [0.1, 0.15) is 0 Å². The van der Waals surface area contributed by atoms with Crippen LogP contribution in [0.5, 0.6) is 0 Å². The Kier molecular flexibility index (Phi) is 6.59. The number of halogens is 2. The van der Waals surface area contributed by atoms with Crippen LogP contribution in [0.2, 0.25) is 0 Å². The van der Waals surface area contributed by atoms with E-state index >= 15 is 0 Å². The number of hydrogen-bond acceptors (Lipinski definition) is 2. The Morgan fingerprint density at radius 1 is 1.35 bits per heavy atom. The molecule has 0 aliphatic heterocycles. The molecule has 0 aromatic heterocycles. The lowest BCUT2D eigenvalue weighted by molar-refractivity contribution is 0.0953. The molecule has 0 aliphatic carbocycles. The number of hydrogen-bond donors (Lipinski definition) is 1. The van der Waals surface area contributed by atoms with Gasteiger partial charge < -0.3 is 5.32 Å². The second-order valence-electron chi connectivity index (χ2n) is 3.75. The van der Waals surface area contributed by atoms with Crippen LogP contribution in [-0.2, 0) is 0 Å². The Morgan fingerprint density at radius 2 is 1.94 bits per heavy atom. The molecule has 0 saturated carbocycles. The van der Waals surface area contributed by atoms with Crippen LogP contribution in [0.3, 0.4) is 0 Å². The van der Waals surface area contributed by atoms with Gasteiger partial charge in [-0.2, -0.15) is 11.8 Å². The number of carbonyl (C=O) groups excluding carboxylic acids is 1. The van der Waals surface area contributed by atoms with E-state index in [4.69, 9.17) is 0 Å². The van der Waals surface area contributed by atoms with Crippen LogP contribution < -0.4 is 5.32 Å². The summed E-state index contributed by atoms with van der Waals surface area (Å²) in [5.74, 6) is -0.0275. The summed E-state index contributed by atoms with van der Waals surface area (Å²) in [5.41, 5.74) is 0.669. The maximum Gasteiger partial charge on any atom is 0.251 e. The van der Waals surface area contributed by atoms with Crippen molar-refractivity contribution in [1.29, 1.82) is 0 Å². The molecular weight excluding hydrogens is 366 g/mol. The van der Waals surface area contributed by atoms with Crippen molar-refractivity contribution >= 4 is 49.5 Å². The number of thioether (sulfide) groups is 1. The molecule has 1 amide bonds. The topological polar surface area (TPSA) is 29.1 Å². The molecule has 0 spiro atoms. The SMILES string of the molecule is CSC(C)CCNC(=O)c1cc(Br)cc(Br)c1. The number of rotatable bonds is 5. The summed E-state index contributed by atoms with van der Waals surface area (Å²) < 4.78 is 1.80. The molecule has 17 heavy (non-hydrogen) atoms. The predicted octanol–water partition coefficient (Wildman–Crippen LogP) is 4.08. The number of benzene rings is 1. The molecule has 0 heterocycles. The van der Waals surface area contributed by atoms with Crippen LogP contribution >= 0.6 is 43.6 Å². The lowest BCUT2D eigenvalue weighted by atomic mass is 10.2. The standard InChI is InChI=1S/C12H15Br2NOS/c1-8(17-2)3-4-15-12(16)9-5-10(13)7-11(14)6-9/h5-8H,3-4H2,1-2H3,(H,15,16). The van der Waals surface area contributed by atoms with Gasteiger partial charge in [0, 0.05) is 26.3 Å². The molecule has 94 valence electrons. The van der Waals surface area contributed by atoms with E-state index in [9.17, 15) is 4.79 Å². The van der Waals surface area contributed by atoms with Crippen LogP contribution in [0.4, 0.5) is 0 Å². The van der Waals surface area contributed by atoms with Crippen molar-refractivity contribution in [3.63, 3.8) is 0 Å². The van der Waals surface area contributed by atoms with Crippen LogP contribution in [0, 0.1) is 0 Å². The summed E-state index contributed by atoms with van der Waals surface area (Å²) >= 11 is 8.55. The highest BCUT2D eigenvalue weighted by molar-refractivity contribution is 9.11. The van der Waals surface area contributed by atoms with Crippen molar-refractivity contribution < 1.29 is 4.79 Å². The monoisotopic (exact) mass is 379 g/mol. The molecule has 0 aliphatic rings. The minimum Gasteiger partial charge on any atom is -0.352 e. The third-order valence-electron chi connectivity index (χ3n) is 2.36. The average molecular weight is 381 g/mol. The number of nitrogens with one attached hydrogen (secondary N) is 1. The Bertz CT molecular complexity index is 378. The molecule has 1 unspecified atom stereocenters. The van der Waals surface area contributed by atoms with Crippen LogP contribution in [-0.4, -0.2) is 24.0 Å². The van der Waals surface area contributed by atoms with E-state index in [0.29, 0.717) is 17.4 Å². The molecule has 0 saturated heterocycles. The largest absolute Gasteiger partial charge is 0.352 e. The molecule has 1 N–H and O–H groups in total. The first-order valence-electron chi connectivity index (χ1n) is 5.30. The van der Waals surface area contributed by atoms with Gasteiger partial charge in [-0.05, 0) is 30.9 Å². The maximum absolute atomic E-state index is 11.9. The van der Waals surface area contributed by atoms with Crippen molar-refractivity contribution in [2.24, 2.45) is 0 Å². The molecule has 1 aromatic carbocycles. The van der Waals surface area contributed by atoms with Gasteiger partial charge in [-0.25, -0.2) is 0 Å². The lowest BCUT2D eigenvalue weighted by Gasteiger charge is -2.09. The third-order valence-corrected chi connectivity index (χ3v) is 4.32. The van der Waals surface area contributed by atoms with Gasteiger partial charge in [-0.3, -0.25) is 4.79 Å². The van der Waals surface area contributed by atoms with Gasteiger partial charge in [0.2, 0.25) is 0 Å². The Hall–Kier alpha value is -0.000000000000000111.